The molecule has 28 heavy (non-hydrogen) atoms. The predicted molar refractivity (Wildman–Crippen MR) is 88.8 cm³/mol. The van der Waals surface area contributed by atoms with Gasteiger partial charge in [0.15, 0.2) is 11.6 Å². The fourth-order valence-corrected chi connectivity index (χ4v) is 6.86. The van der Waals surface area contributed by atoms with Crippen LogP contribution >= 0.6 is 0 Å². The molecule has 1 saturated carbocycles. The first-order valence-corrected chi connectivity index (χ1v) is 9.90. The Morgan fingerprint density at radius 3 is 2.46 bits per heavy atom. The van der Waals surface area contributed by atoms with Crippen LogP contribution in [0.2, 0.25) is 0 Å². The van der Waals surface area contributed by atoms with Crippen molar-refractivity contribution in [2.45, 2.75) is 68.8 Å². The van der Waals surface area contributed by atoms with E-state index in [1.54, 1.807) is 0 Å². The van der Waals surface area contributed by atoms with Crippen molar-refractivity contribution in [2.24, 2.45) is 17.3 Å². The Morgan fingerprint density at radius 1 is 0.964 bits per heavy atom. The topological polar surface area (TPSA) is 118 Å². The maximum atomic E-state index is 13.7. The van der Waals surface area contributed by atoms with Crippen molar-refractivity contribution in [1.29, 1.82) is 0 Å². The Kier molecular flexibility index (Phi) is 2.67. The van der Waals surface area contributed by atoms with Gasteiger partial charge in [-0.05, 0) is 19.4 Å². The fraction of sp³-hybridized carbons (Fsp3) is 0.700. The summed E-state index contributed by atoms with van der Waals surface area (Å²) in [7, 11) is 0. The normalized spacial score (nSPS) is 60.0. The molecule has 1 spiro atoms. The molecule has 0 unspecified atom stereocenters. The molecule has 0 aromatic rings. The number of aliphatic hydroxyl groups is 2. The summed E-state index contributed by atoms with van der Waals surface area (Å²) in [5.41, 5.74) is 0.269. The predicted octanol–water partition coefficient (Wildman–Crippen LogP) is -0.973. The molecule has 3 aliphatic carbocycles. The molecule has 12 atom stereocenters. The zero-order chi connectivity index (χ0) is 19.3. The van der Waals surface area contributed by atoms with E-state index in [0.29, 0.717) is 16.7 Å². The Morgan fingerprint density at radius 2 is 1.68 bits per heavy atom. The molecule has 8 rings (SSSR count). The summed E-state index contributed by atoms with van der Waals surface area (Å²) in [6, 6.07) is 0. The number of fused-ring (bicyclic) bond motifs is 3. The number of hydrogen-bond donors (Lipinski definition) is 2. The van der Waals surface area contributed by atoms with Crippen LogP contribution in [0.4, 0.5) is 0 Å². The molecule has 2 N–H and O–H groups in total. The number of aliphatic hydroxyl groups excluding tert-OH is 2. The largest absolute Gasteiger partial charge is 0.498 e. The summed E-state index contributed by atoms with van der Waals surface area (Å²) in [4.78, 5) is 26.7. The SMILES string of the molecule is C[C@H]1O[C@H]2C3=C(C(=O)[C@@H]4O[C@@H]4[C@H]3O)[C@@H]1[C@@H]1[C@@H](C)OC=C3[C@H](O)[C@H]4O[C@H]4C(=O)[C@]312. The van der Waals surface area contributed by atoms with Gasteiger partial charge in [-0.1, -0.05) is 0 Å². The van der Waals surface area contributed by atoms with Crippen LogP contribution < -0.4 is 0 Å². The fourth-order valence-electron chi connectivity index (χ4n) is 6.86. The van der Waals surface area contributed by atoms with Crippen molar-refractivity contribution >= 4 is 11.6 Å². The molecule has 2 bridgehead atoms. The number of Topliss-reactive ketones (excluding diaryl/α,β-unsaturated/α-hetero) is 2. The molecule has 148 valence electrons. The Labute approximate surface area is 160 Å². The van der Waals surface area contributed by atoms with Crippen LogP contribution in [0.5, 0.6) is 0 Å². The lowest BCUT2D eigenvalue weighted by Crippen LogP contribution is -2.72. The van der Waals surface area contributed by atoms with Gasteiger partial charge >= 0.3 is 0 Å². The molecule has 8 nitrogen and oxygen atoms in total. The summed E-state index contributed by atoms with van der Waals surface area (Å²) < 4.78 is 23.1. The first kappa shape index (κ1) is 16.2. The molecule has 3 saturated heterocycles. The second-order valence-corrected chi connectivity index (χ2v) is 9.09. The summed E-state index contributed by atoms with van der Waals surface area (Å²) in [6.07, 6.45) is -4.40. The van der Waals surface area contributed by atoms with Crippen molar-refractivity contribution in [2.75, 3.05) is 0 Å². The maximum Gasteiger partial charge on any atom is 0.190 e. The molecule has 4 fully saturated rings. The van der Waals surface area contributed by atoms with Gasteiger partial charge in [-0.25, -0.2) is 0 Å². The summed E-state index contributed by atoms with van der Waals surface area (Å²) in [5.74, 6) is -1.05. The van der Waals surface area contributed by atoms with Crippen LogP contribution in [0.1, 0.15) is 13.8 Å². The molecular weight excluding hydrogens is 368 g/mol. The number of ketones is 2. The van der Waals surface area contributed by atoms with Crippen LogP contribution in [0.25, 0.3) is 0 Å². The number of hydrogen-bond acceptors (Lipinski definition) is 8. The van der Waals surface area contributed by atoms with Gasteiger partial charge in [0, 0.05) is 23.0 Å². The summed E-state index contributed by atoms with van der Waals surface area (Å²) in [5, 5.41) is 21.8. The third-order valence-corrected chi connectivity index (χ3v) is 8.00. The highest BCUT2D eigenvalue weighted by atomic mass is 16.6. The van der Waals surface area contributed by atoms with E-state index < -0.39 is 54.1 Å². The standard InChI is InChI=1S/C20H20O8/c1-4-7-8-9(13(23)16-15(27-16)12(8)22)19(26-4)20-6(3-25-5(2)10(7)20)11(21)14-17(28-14)18(20)24/h3-5,7,10-11,13-17,19,21,23H,1-2H3/t4-,5-,7-,10+,11+,13+,14-,15+,16-,17-,19+,20+/m1/s1. The van der Waals surface area contributed by atoms with Gasteiger partial charge in [0.2, 0.25) is 0 Å². The minimum atomic E-state index is -1.19. The third kappa shape index (κ3) is 1.47. The Hall–Kier alpha value is -1.58. The highest BCUT2D eigenvalue weighted by Crippen LogP contribution is 2.67. The van der Waals surface area contributed by atoms with E-state index in [1.807, 2.05) is 13.8 Å². The quantitative estimate of drug-likeness (QED) is 0.509. The van der Waals surface area contributed by atoms with E-state index in [-0.39, 0.29) is 29.7 Å². The minimum Gasteiger partial charge on any atom is -0.498 e. The van der Waals surface area contributed by atoms with Crippen molar-refractivity contribution in [3.8, 4) is 0 Å². The number of carbonyl (C=O) groups excluding carboxylic acids is 2. The zero-order valence-corrected chi connectivity index (χ0v) is 15.3. The van der Waals surface area contributed by atoms with Crippen LogP contribution in [0.3, 0.4) is 0 Å². The maximum absolute atomic E-state index is 13.7. The molecule has 8 aliphatic rings. The second kappa shape index (κ2) is 4.60. The summed E-state index contributed by atoms with van der Waals surface area (Å²) >= 11 is 0. The lowest BCUT2D eigenvalue weighted by molar-refractivity contribution is -0.210. The van der Waals surface area contributed by atoms with Gasteiger partial charge in [-0.3, -0.25) is 9.59 Å². The molecule has 5 heterocycles. The van der Waals surface area contributed by atoms with Crippen LogP contribution in [-0.4, -0.2) is 76.7 Å². The second-order valence-electron chi connectivity index (χ2n) is 9.09. The van der Waals surface area contributed by atoms with Crippen molar-refractivity contribution in [1.82, 2.24) is 0 Å². The first-order valence-electron chi connectivity index (χ1n) is 9.90. The number of rotatable bonds is 0. The van der Waals surface area contributed by atoms with Crippen molar-refractivity contribution < 1.29 is 38.7 Å². The molecule has 5 aliphatic heterocycles. The van der Waals surface area contributed by atoms with Gasteiger partial charge in [-0.2, -0.15) is 0 Å². The Balaban J connectivity index is 1.52. The zero-order valence-electron chi connectivity index (χ0n) is 15.3. The van der Waals surface area contributed by atoms with Crippen molar-refractivity contribution in [3.63, 3.8) is 0 Å². The van der Waals surface area contributed by atoms with Crippen LogP contribution in [0, 0.1) is 17.3 Å². The molecular formula is C20H20O8. The average molecular weight is 388 g/mol. The molecule has 8 heteroatoms. The van der Waals surface area contributed by atoms with Crippen molar-refractivity contribution in [3.05, 3.63) is 23.0 Å². The van der Waals surface area contributed by atoms with Gasteiger partial charge < -0.3 is 29.2 Å². The lowest BCUT2D eigenvalue weighted by Gasteiger charge is -2.63. The lowest BCUT2D eigenvalue weighted by atomic mass is 9.45. The van der Waals surface area contributed by atoms with Crippen LogP contribution in [0.15, 0.2) is 23.0 Å². The molecule has 0 radical (unpaired) electrons. The van der Waals surface area contributed by atoms with E-state index in [1.165, 1.54) is 6.26 Å². The smallest absolute Gasteiger partial charge is 0.190 e. The van der Waals surface area contributed by atoms with Gasteiger partial charge in [0.25, 0.3) is 0 Å². The molecule has 0 aromatic heterocycles. The van der Waals surface area contributed by atoms with E-state index >= 15 is 0 Å². The summed E-state index contributed by atoms with van der Waals surface area (Å²) in [6.45, 7) is 3.77. The van der Waals surface area contributed by atoms with E-state index in [4.69, 9.17) is 18.9 Å². The molecule has 0 aromatic carbocycles. The molecule has 0 amide bonds. The number of ether oxygens (including phenoxy) is 4. The highest BCUT2D eigenvalue weighted by Gasteiger charge is 2.78. The number of epoxide rings is 2. The number of carbonyl (C=O) groups is 2. The van der Waals surface area contributed by atoms with E-state index in [0.717, 1.165) is 0 Å². The monoisotopic (exact) mass is 388 g/mol. The van der Waals surface area contributed by atoms with Crippen LogP contribution in [-0.2, 0) is 28.5 Å². The minimum absolute atomic E-state index is 0.113. The van der Waals surface area contributed by atoms with Gasteiger partial charge in [0.05, 0.1) is 30.0 Å². The van der Waals surface area contributed by atoms with E-state index in [9.17, 15) is 19.8 Å². The Bertz CT molecular complexity index is 921. The average Bonchev–Trinajstić information content (AvgIpc) is 3.57. The first-order chi connectivity index (χ1) is 13.4. The van der Waals surface area contributed by atoms with E-state index in [2.05, 4.69) is 0 Å². The highest BCUT2D eigenvalue weighted by molar-refractivity contribution is 6.06. The van der Waals surface area contributed by atoms with Gasteiger partial charge in [-0.15, -0.1) is 0 Å². The van der Waals surface area contributed by atoms with Gasteiger partial charge in [0.1, 0.15) is 36.6 Å². The third-order valence-electron chi connectivity index (χ3n) is 8.00.